The first-order valence-corrected chi connectivity index (χ1v) is 8.77. The number of carbonyl (C=O) groups is 2. The number of esters is 2. The molecule has 6 atom stereocenters. The molecule has 0 bridgehead atoms. The number of carbonyl (C=O) groups excluding carboxylic acids is 2. The number of hydrogen-bond acceptors (Lipinski definition) is 6. The van der Waals surface area contributed by atoms with Crippen LogP contribution in [0.3, 0.4) is 0 Å². The van der Waals surface area contributed by atoms with Crippen LogP contribution in [0.2, 0.25) is 0 Å². The van der Waals surface area contributed by atoms with Crippen molar-refractivity contribution in [2.24, 2.45) is 11.8 Å². The quantitative estimate of drug-likeness (QED) is 0.354. The van der Waals surface area contributed by atoms with Crippen LogP contribution in [-0.2, 0) is 23.8 Å². The minimum Gasteiger partial charge on any atom is -0.461 e. The van der Waals surface area contributed by atoms with Gasteiger partial charge in [0.1, 0.15) is 12.2 Å². The van der Waals surface area contributed by atoms with Crippen molar-refractivity contribution in [2.75, 3.05) is 0 Å². The zero-order valence-corrected chi connectivity index (χ0v) is 15.2. The summed E-state index contributed by atoms with van der Waals surface area (Å²) in [5.41, 5.74) is 0.523. The van der Waals surface area contributed by atoms with Crippen molar-refractivity contribution in [1.29, 1.82) is 0 Å². The van der Waals surface area contributed by atoms with Gasteiger partial charge in [-0.05, 0) is 25.5 Å². The number of epoxide rings is 1. The molecule has 2 saturated heterocycles. The van der Waals surface area contributed by atoms with Gasteiger partial charge in [0.05, 0.1) is 29.6 Å². The molecule has 1 aliphatic carbocycles. The first-order valence-electron chi connectivity index (χ1n) is 8.77. The SMILES string of the molecule is C=C1C(=O)O[C@H]2/C=C(/C)[C@@H](O)C[C@H]3O[C@@]3(C)C[C@@H](OC(=O)C(C)C)[C@@H]12. The molecule has 0 spiro atoms. The molecule has 0 aromatic carbocycles. The third-order valence-electron chi connectivity index (χ3n) is 5.43. The van der Waals surface area contributed by atoms with Gasteiger partial charge in [-0.25, -0.2) is 4.79 Å². The number of fused-ring (bicyclic) bond motifs is 2. The van der Waals surface area contributed by atoms with Crippen LogP contribution in [0.25, 0.3) is 0 Å². The van der Waals surface area contributed by atoms with Crippen molar-refractivity contribution < 1.29 is 28.9 Å². The topological polar surface area (TPSA) is 85.4 Å². The molecule has 3 aliphatic rings. The molecule has 2 heterocycles. The molecule has 0 saturated carbocycles. The van der Waals surface area contributed by atoms with Gasteiger partial charge in [0.2, 0.25) is 0 Å². The maximum atomic E-state index is 12.2. The molecule has 6 nitrogen and oxygen atoms in total. The summed E-state index contributed by atoms with van der Waals surface area (Å²) in [6.07, 6.45) is 0.727. The largest absolute Gasteiger partial charge is 0.461 e. The molecular weight excluding hydrogens is 324 g/mol. The molecule has 138 valence electrons. The highest BCUT2D eigenvalue weighted by Crippen LogP contribution is 2.47. The smallest absolute Gasteiger partial charge is 0.334 e. The molecule has 0 aromatic rings. The normalized spacial score (nSPS) is 42.8. The molecule has 0 radical (unpaired) electrons. The number of aliphatic hydroxyl groups is 1. The lowest BCUT2D eigenvalue weighted by atomic mass is 9.82. The maximum absolute atomic E-state index is 12.2. The fraction of sp³-hybridized carbons (Fsp3) is 0.684. The third-order valence-corrected chi connectivity index (χ3v) is 5.43. The van der Waals surface area contributed by atoms with Crippen LogP contribution >= 0.6 is 0 Å². The summed E-state index contributed by atoms with van der Waals surface area (Å²) in [4.78, 5) is 24.3. The highest BCUT2D eigenvalue weighted by Gasteiger charge is 2.57. The minimum atomic E-state index is -0.658. The van der Waals surface area contributed by atoms with Crippen LogP contribution < -0.4 is 0 Å². The lowest BCUT2D eigenvalue weighted by Gasteiger charge is -2.29. The Hall–Kier alpha value is -1.66. The van der Waals surface area contributed by atoms with E-state index in [9.17, 15) is 14.7 Å². The minimum absolute atomic E-state index is 0.103. The van der Waals surface area contributed by atoms with E-state index in [-0.39, 0.29) is 18.0 Å². The second-order valence-electron chi connectivity index (χ2n) is 7.84. The third kappa shape index (κ3) is 3.37. The highest BCUT2D eigenvalue weighted by atomic mass is 16.6. The fourth-order valence-electron chi connectivity index (χ4n) is 3.63. The van der Waals surface area contributed by atoms with Crippen molar-refractivity contribution in [3.05, 3.63) is 23.8 Å². The summed E-state index contributed by atoms with van der Waals surface area (Å²) in [5.74, 6) is -1.56. The van der Waals surface area contributed by atoms with Gasteiger partial charge in [0.25, 0.3) is 0 Å². The van der Waals surface area contributed by atoms with Gasteiger partial charge in [0.15, 0.2) is 0 Å². The van der Waals surface area contributed by atoms with Gasteiger partial charge in [-0.2, -0.15) is 0 Å². The summed E-state index contributed by atoms with van der Waals surface area (Å²) in [5, 5.41) is 10.4. The molecule has 0 amide bonds. The molecule has 1 N–H and O–H groups in total. The number of aliphatic hydroxyl groups excluding tert-OH is 1. The van der Waals surface area contributed by atoms with E-state index >= 15 is 0 Å². The van der Waals surface area contributed by atoms with E-state index in [1.165, 1.54) is 0 Å². The van der Waals surface area contributed by atoms with Crippen LogP contribution in [0.5, 0.6) is 0 Å². The van der Waals surface area contributed by atoms with E-state index in [0.29, 0.717) is 24.0 Å². The maximum Gasteiger partial charge on any atom is 0.334 e. The van der Waals surface area contributed by atoms with Crippen molar-refractivity contribution in [3.8, 4) is 0 Å². The van der Waals surface area contributed by atoms with E-state index in [0.717, 1.165) is 0 Å². The predicted molar refractivity (Wildman–Crippen MR) is 89.5 cm³/mol. The summed E-state index contributed by atoms with van der Waals surface area (Å²) >= 11 is 0. The van der Waals surface area contributed by atoms with Crippen LogP contribution in [0.4, 0.5) is 0 Å². The molecule has 2 fully saturated rings. The molecule has 6 heteroatoms. The Kier molecular flexibility index (Phi) is 4.54. The summed E-state index contributed by atoms with van der Waals surface area (Å²) < 4.78 is 17.0. The first kappa shape index (κ1) is 18.1. The van der Waals surface area contributed by atoms with Crippen molar-refractivity contribution >= 4 is 11.9 Å². The van der Waals surface area contributed by atoms with Crippen LogP contribution in [0, 0.1) is 11.8 Å². The molecular formula is C19H26O6. The molecule has 0 unspecified atom stereocenters. The number of hydrogen-bond donors (Lipinski definition) is 1. The zero-order valence-electron chi connectivity index (χ0n) is 15.2. The zero-order chi connectivity index (χ0) is 18.5. The van der Waals surface area contributed by atoms with Gasteiger partial charge in [-0.3, -0.25) is 4.79 Å². The average Bonchev–Trinajstić information content (AvgIpc) is 3.04. The highest BCUT2D eigenvalue weighted by molar-refractivity contribution is 5.91. The van der Waals surface area contributed by atoms with E-state index in [1.54, 1.807) is 26.8 Å². The van der Waals surface area contributed by atoms with Crippen LogP contribution in [0.1, 0.15) is 40.5 Å². The Morgan fingerprint density at radius 3 is 2.80 bits per heavy atom. The summed E-state index contributed by atoms with van der Waals surface area (Å²) in [7, 11) is 0. The molecule has 2 aliphatic heterocycles. The Bertz CT molecular complexity index is 636. The number of ether oxygens (including phenoxy) is 3. The van der Waals surface area contributed by atoms with E-state index in [1.807, 2.05) is 6.92 Å². The van der Waals surface area contributed by atoms with E-state index in [4.69, 9.17) is 14.2 Å². The van der Waals surface area contributed by atoms with Crippen LogP contribution in [0.15, 0.2) is 23.8 Å². The molecule has 3 rings (SSSR count). The predicted octanol–water partition coefficient (Wildman–Crippen LogP) is 1.91. The van der Waals surface area contributed by atoms with E-state index < -0.39 is 35.8 Å². The van der Waals surface area contributed by atoms with Gasteiger partial charge in [0, 0.05) is 18.4 Å². The lowest BCUT2D eigenvalue weighted by molar-refractivity contribution is -0.157. The second-order valence-corrected chi connectivity index (χ2v) is 7.84. The fourth-order valence-corrected chi connectivity index (χ4v) is 3.63. The Morgan fingerprint density at radius 1 is 1.48 bits per heavy atom. The second kappa shape index (κ2) is 6.25. The summed E-state index contributed by atoms with van der Waals surface area (Å²) in [6, 6.07) is 0. The Balaban J connectivity index is 1.97. The molecule has 0 aromatic heterocycles. The standard InChI is InChI=1S/C19H26O6/c1-9(2)17(21)24-14-8-19(5)15(25-19)7-12(20)10(3)6-13-16(14)11(4)18(22)23-13/h6,9,12-16,20H,4,7-8H2,1-3,5H3/b10-6-/t12-,13-,14+,15+,16-,19-/m0/s1. The number of rotatable bonds is 2. The van der Waals surface area contributed by atoms with Crippen molar-refractivity contribution in [1.82, 2.24) is 0 Å². The molecule has 25 heavy (non-hydrogen) atoms. The lowest BCUT2D eigenvalue weighted by Crippen LogP contribution is -2.38. The Labute approximate surface area is 147 Å². The first-order chi connectivity index (χ1) is 11.6. The summed E-state index contributed by atoms with van der Waals surface area (Å²) in [6.45, 7) is 11.1. The monoisotopic (exact) mass is 350 g/mol. The van der Waals surface area contributed by atoms with Gasteiger partial charge in [-0.15, -0.1) is 0 Å². The van der Waals surface area contributed by atoms with Gasteiger partial charge >= 0.3 is 11.9 Å². The average molecular weight is 350 g/mol. The van der Waals surface area contributed by atoms with Gasteiger partial charge < -0.3 is 19.3 Å². The Morgan fingerprint density at radius 2 is 2.16 bits per heavy atom. The van der Waals surface area contributed by atoms with Crippen molar-refractivity contribution in [2.45, 2.75) is 70.6 Å². The van der Waals surface area contributed by atoms with Crippen molar-refractivity contribution in [3.63, 3.8) is 0 Å². The van der Waals surface area contributed by atoms with Crippen LogP contribution in [-0.4, -0.2) is 47.1 Å². The van der Waals surface area contributed by atoms with E-state index in [2.05, 4.69) is 6.58 Å². The van der Waals surface area contributed by atoms with Gasteiger partial charge in [-0.1, -0.05) is 20.4 Å².